The third-order valence-corrected chi connectivity index (χ3v) is 5.11. The SMILES string of the molecule is CC(C)(C)OC(=O)NC1CCN(CCN2C(=O)COc3ncc(Br)cc32)CC1. The topological polar surface area (TPSA) is 84.0 Å². The van der Waals surface area contributed by atoms with Crippen molar-refractivity contribution in [2.24, 2.45) is 0 Å². The minimum absolute atomic E-state index is 0.0174. The number of hydrogen-bond donors (Lipinski definition) is 1. The normalized spacial score (nSPS) is 18.4. The Morgan fingerprint density at radius 2 is 2.07 bits per heavy atom. The van der Waals surface area contributed by atoms with E-state index >= 15 is 0 Å². The number of piperidine rings is 1. The van der Waals surface area contributed by atoms with E-state index in [1.54, 1.807) is 11.1 Å². The molecule has 0 saturated carbocycles. The molecule has 1 aromatic rings. The number of fused-ring (bicyclic) bond motifs is 1. The van der Waals surface area contributed by atoms with Gasteiger partial charge in [-0.2, -0.15) is 0 Å². The Balaban J connectivity index is 1.48. The number of ether oxygens (including phenoxy) is 2. The molecular weight excluding hydrogens is 428 g/mol. The first-order chi connectivity index (χ1) is 13.2. The van der Waals surface area contributed by atoms with E-state index in [0.29, 0.717) is 18.1 Å². The molecule has 0 spiro atoms. The van der Waals surface area contributed by atoms with E-state index in [4.69, 9.17) is 9.47 Å². The van der Waals surface area contributed by atoms with E-state index in [9.17, 15) is 9.59 Å². The van der Waals surface area contributed by atoms with Gasteiger partial charge in [-0.05, 0) is 55.6 Å². The number of likely N-dealkylation sites (tertiary alicyclic amines) is 1. The zero-order valence-electron chi connectivity index (χ0n) is 16.5. The van der Waals surface area contributed by atoms with Crippen LogP contribution in [-0.2, 0) is 9.53 Å². The molecule has 2 amide bonds. The number of nitrogens with one attached hydrogen (secondary N) is 1. The molecule has 3 rings (SSSR count). The minimum Gasteiger partial charge on any atom is -0.466 e. The molecule has 0 bridgehead atoms. The fourth-order valence-corrected chi connectivity index (χ4v) is 3.64. The van der Waals surface area contributed by atoms with Crippen molar-refractivity contribution in [3.05, 3.63) is 16.7 Å². The van der Waals surface area contributed by atoms with Crippen molar-refractivity contribution in [3.8, 4) is 5.88 Å². The van der Waals surface area contributed by atoms with Crippen LogP contribution in [0.15, 0.2) is 16.7 Å². The lowest BCUT2D eigenvalue weighted by Gasteiger charge is -2.35. The van der Waals surface area contributed by atoms with Gasteiger partial charge in [-0.25, -0.2) is 9.78 Å². The van der Waals surface area contributed by atoms with E-state index in [2.05, 4.69) is 31.1 Å². The molecule has 28 heavy (non-hydrogen) atoms. The number of pyridine rings is 1. The van der Waals surface area contributed by atoms with E-state index in [0.717, 1.165) is 36.9 Å². The minimum atomic E-state index is -0.490. The molecule has 154 valence electrons. The average Bonchev–Trinajstić information content (AvgIpc) is 2.60. The highest BCUT2D eigenvalue weighted by Crippen LogP contribution is 2.32. The standard InChI is InChI=1S/C19H27BrN4O4/c1-19(2,3)28-18(26)22-14-4-6-23(7-5-14)8-9-24-15-10-13(20)11-21-17(15)27-12-16(24)25/h10-11,14H,4-9,12H2,1-3H3,(H,22,26). The highest BCUT2D eigenvalue weighted by atomic mass is 79.9. The third kappa shape index (κ3) is 5.57. The average molecular weight is 455 g/mol. The lowest BCUT2D eigenvalue weighted by molar-refractivity contribution is -0.121. The summed E-state index contributed by atoms with van der Waals surface area (Å²) in [6, 6.07) is 1.98. The molecule has 3 heterocycles. The Kier molecular flexibility index (Phi) is 6.44. The van der Waals surface area contributed by atoms with Crippen molar-refractivity contribution in [1.82, 2.24) is 15.2 Å². The van der Waals surface area contributed by atoms with E-state index in [1.165, 1.54) is 0 Å². The van der Waals surface area contributed by atoms with Gasteiger partial charge in [-0.15, -0.1) is 0 Å². The molecule has 9 heteroatoms. The number of alkyl carbamates (subject to hydrolysis) is 1. The maximum atomic E-state index is 12.3. The zero-order valence-corrected chi connectivity index (χ0v) is 18.1. The molecule has 8 nitrogen and oxygen atoms in total. The van der Waals surface area contributed by atoms with Crippen LogP contribution < -0.4 is 15.0 Å². The molecule has 2 aliphatic heterocycles. The number of halogens is 1. The maximum absolute atomic E-state index is 12.3. The lowest BCUT2D eigenvalue weighted by atomic mass is 10.1. The van der Waals surface area contributed by atoms with Crippen molar-refractivity contribution in [2.75, 3.05) is 37.7 Å². The molecular formula is C19H27BrN4O4. The molecule has 1 aromatic heterocycles. The highest BCUT2D eigenvalue weighted by molar-refractivity contribution is 9.10. The Morgan fingerprint density at radius 3 is 2.75 bits per heavy atom. The number of carbonyl (C=O) groups excluding carboxylic acids is 2. The fourth-order valence-electron chi connectivity index (χ4n) is 3.32. The number of aromatic nitrogens is 1. The zero-order chi connectivity index (χ0) is 20.3. The molecule has 1 saturated heterocycles. The van der Waals surface area contributed by atoms with Gasteiger partial charge in [0.25, 0.3) is 5.91 Å². The Labute approximate surface area is 173 Å². The van der Waals surface area contributed by atoms with E-state index < -0.39 is 5.60 Å². The predicted octanol–water partition coefficient (Wildman–Crippen LogP) is 2.56. The number of rotatable bonds is 4. The van der Waals surface area contributed by atoms with E-state index in [1.807, 2.05) is 26.8 Å². The van der Waals surface area contributed by atoms with Crippen molar-refractivity contribution in [1.29, 1.82) is 0 Å². The van der Waals surface area contributed by atoms with Gasteiger partial charge in [0.05, 0.1) is 0 Å². The summed E-state index contributed by atoms with van der Waals surface area (Å²) in [6.07, 6.45) is 3.02. The number of anilines is 1. The van der Waals surface area contributed by atoms with Gasteiger partial charge in [0.2, 0.25) is 5.88 Å². The van der Waals surface area contributed by atoms with Crippen LogP contribution in [0.25, 0.3) is 0 Å². The number of nitrogens with zero attached hydrogens (tertiary/aromatic N) is 3. The summed E-state index contributed by atoms with van der Waals surface area (Å²) in [5.74, 6) is 0.428. The largest absolute Gasteiger partial charge is 0.466 e. The van der Waals surface area contributed by atoms with Crippen LogP contribution in [0.4, 0.5) is 10.5 Å². The van der Waals surface area contributed by atoms with Gasteiger partial charge in [0.15, 0.2) is 6.61 Å². The fraction of sp³-hybridized carbons (Fsp3) is 0.632. The van der Waals surface area contributed by atoms with Gasteiger partial charge in [0, 0.05) is 42.9 Å². The van der Waals surface area contributed by atoms with Gasteiger partial charge in [-0.3, -0.25) is 4.79 Å². The van der Waals surface area contributed by atoms with Crippen molar-refractivity contribution in [3.63, 3.8) is 0 Å². The number of hydrogen-bond acceptors (Lipinski definition) is 6. The van der Waals surface area contributed by atoms with Gasteiger partial charge in [0.1, 0.15) is 11.3 Å². The molecule has 0 atom stereocenters. The molecule has 0 radical (unpaired) electrons. The summed E-state index contributed by atoms with van der Waals surface area (Å²) < 4.78 is 11.5. The third-order valence-electron chi connectivity index (χ3n) is 4.67. The summed E-state index contributed by atoms with van der Waals surface area (Å²) in [4.78, 5) is 32.5. The number of carbonyl (C=O) groups is 2. The Hall–Kier alpha value is -1.87. The molecule has 0 unspecified atom stereocenters. The lowest BCUT2D eigenvalue weighted by Crippen LogP contribution is -2.49. The maximum Gasteiger partial charge on any atom is 0.407 e. The van der Waals surface area contributed by atoms with Crippen molar-refractivity contribution >= 4 is 33.6 Å². The quantitative estimate of drug-likeness (QED) is 0.752. The van der Waals surface area contributed by atoms with E-state index in [-0.39, 0.29) is 24.6 Å². The Bertz CT molecular complexity index is 729. The second-order valence-electron chi connectivity index (χ2n) is 8.07. The first-order valence-corrected chi connectivity index (χ1v) is 10.3. The summed E-state index contributed by atoms with van der Waals surface area (Å²) in [6.45, 7) is 8.65. The first-order valence-electron chi connectivity index (χ1n) is 9.52. The van der Waals surface area contributed by atoms with Crippen LogP contribution >= 0.6 is 15.9 Å². The van der Waals surface area contributed by atoms with Crippen LogP contribution in [0.3, 0.4) is 0 Å². The summed E-state index contributed by atoms with van der Waals surface area (Å²) in [7, 11) is 0. The van der Waals surface area contributed by atoms with Crippen LogP contribution in [0.1, 0.15) is 33.6 Å². The Morgan fingerprint density at radius 1 is 1.36 bits per heavy atom. The van der Waals surface area contributed by atoms with Gasteiger partial charge < -0.3 is 24.6 Å². The molecule has 0 aromatic carbocycles. The summed E-state index contributed by atoms with van der Waals surface area (Å²) in [5.41, 5.74) is 0.211. The molecule has 1 N–H and O–H groups in total. The molecule has 1 fully saturated rings. The second kappa shape index (κ2) is 8.65. The van der Waals surface area contributed by atoms with Crippen LogP contribution in [0.2, 0.25) is 0 Å². The molecule has 0 aliphatic carbocycles. The number of amides is 2. The smallest absolute Gasteiger partial charge is 0.407 e. The van der Waals surface area contributed by atoms with Crippen molar-refractivity contribution < 1.29 is 19.1 Å². The van der Waals surface area contributed by atoms with Crippen molar-refractivity contribution in [2.45, 2.75) is 45.3 Å². The van der Waals surface area contributed by atoms with Crippen LogP contribution in [0.5, 0.6) is 5.88 Å². The predicted molar refractivity (Wildman–Crippen MR) is 109 cm³/mol. The molecule has 2 aliphatic rings. The highest BCUT2D eigenvalue weighted by Gasteiger charge is 2.28. The summed E-state index contributed by atoms with van der Waals surface area (Å²) in [5, 5.41) is 2.95. The van der Waals surface area contributed by atoms with Gasteiger partial charge >= 0.3 is 6.09 Å². The summed E-state index contributed by atoms with van der Waals surface area (Å²) >= 11 is 3.40. The van der Waals surface area contributed by atoms with Gasteiger partial charge in [-0.1, -0.05) is 0 Å². The van der Waals surface area contributed by atoms with Crippen LogP contribution in [-0.4, -0.2) is 66.3 Å². The second-order valence-corrected chi connectivity index (χ2v) is 8.99. The van der Waals surface area contributed by atoms with Crippen LogP contribution in [0, 0.1) is 0 Å². The first kappa shape index (κ1) is 20.9. The monoisotopic (exact) mass is 454 g/mol.